The molecule has 2 saturated heterocycles. The molecule has 0 aromatic rings. The van der Waals surface area contributed by atoms with Crippen molar-refractivity contribution in [3.63, 3.8) is 0 Å². The lowest BCUT2D eigenvalue weighted by atomic mass is 9.71. The molecule has 1 spiro atoms. The average Bonchev–Trinajstić information content (AvgIpc) is 2.51. The fourth-order valence-corrected chi connectivity index (χ4v) is 3.72. The molecule has 0 N–H and O–H groups in total. The molecule has 0 aromatic heterocycles. The van der Waals surface area contributed by atoms with Crippen LogP contribution < -0.4 is 0 Å². The minimum atomic E-state index is 0.339. The molecule has 2 fully saturated rings. The van der Waals surface area contributed by atoms with E-state index >= 15 is 0 Å². The number of hydrogen-bond acceptors (Lipinski definition) is 4. The smallest absolute Gasteiger partial charge is 0.146 e. The van der Waals surface area contributed by atoms with E-state index in [1.807, 2.05) is 6.92 Å². The highest BCUT2D eigenvalue weighted by Gasteiger charge is 2.37. The molecule has 0 atom stereocenters. The molecule has 22 heavy (non-hydrogen) atoms. The first-order valence-corrected chi connectivity index (χ1v) is 9.11. The second-order valence-electron chi connectivity index (χ2n) is 7.43. The van der Waals surface area contributed by atoms with Gasteiger partial charge in [-0.3, -0.25) is 9.69 Å². The highest BCUT2D eigenvalue weighted by molar-refractivity contribution is 5.80. The van der Waals surface area contributed by atoms with Crippen LogP contribution in [0, 0.1) is 5.41 Å². The Balaban J connectivity index is 1.67. The lowest BCUT2D eigenvalue weighted by Gasteiger charge is -2.46. The molecular weight excluding hydrogens is 276 g/mol. The monoisotopic (exact) mass is 310 g/mol. The third-order valence-electron chi connectivity index (χ3n) is 5.49. The summed E-state index contributed by atoms with van der Waals surface area (Å²) in [5, 5.41) is 0. The number of Topliss-reactive ketones (excluding diaryl/α,β-unsaturated/α-hetero) is 1. The van der Waals surface area contributed by atoms with E-state index in [2.05, 4.69) is 23.6 Å². The predicted molar refractivity (Wildman–Crippen MR) is 90.2 cm³/mol. The van der Waals surface area contributed by atoms with Gasteiger partial charge in [0, 0.05) is 13.0 Å². The molecule has 2 aliphatic heterocycles. The van der Waals surface area contributed by atoms with Crippen LogP contribution in [0.2, 0.25) is 0 Å². The number of rotatable bonds is 7. The molecule has 0 aliphatic carbocycles. The maximum Gasteiger partial charge on any atom is 0.146 e. The number of hydrogen-bond donors (Lipinski definition) is 0. The van der Waals surface area contributed by atoms with Crippen molar-refractivity contribution in [3.05, 3.63) is 0 Å². The van der Waals surface area contributed by atoms with Gasteiger partial charge in [-0.25, -0.2) is 0 Å². The van der Waals surface area contributed by atoms with Crippen LogP contribution >= 0.6 is 0 Å². The summed E-state index contributed by atoms with van der Waals surface area (Å²) in [4.78, 5) is 16.5. The number of nitrogens with zero attached hydrogens (tertiary/aromatic N) is 2. The molecule has 2 rings (SSSR count). The SMILES string of the molecule is CCC(=O)CN1CCC2(CCN(CCOC(C)C)CC2)CC1. The first-order valence-electron chi connectivity index (χ1n) is 9.11. The maximum atomic E-state index is 11.6. The van der Waals surface area contributed by atoms with E-state index in [1.165, 1.54) is 38.8 Å². The van der Waals surface area contributed by atoms with Gasteiger partial charge in [-0.2, -0.15) is 0 Å². The molecule has 2 heterocycles. The molecule has 0 amide bonds. The van der Waals surface area contributed by atoms with Gasteiger partial charge in [-0.15, -0.1) is 0 Å². The van der Waals surface area contributed by atoms with Crippen molar-refractivity contribution in [2.45, 2.75) is 59.0 Å². The van der Waals surface area contributed by atoms with Crippen LogP contribution in [0.15, 0.2) is 0 Å². The van der Waals surface area contributed by atoms with Crippen molar-refractivity contribution in [1.29, 1.82) is 0 Å². The minimum Gasteiger partial charge on any atom is -0.377 e. The summed E-state index contributed by atoms with van der Waals surface area (Å²) in [5.41, 5.74) is 0.557. The van der Waals surface area contributed by atoms with Gasteiger partial charge in [0.1, 0.15) is 5.78 Å². The van der Waals surface area contributed by atoms with Crippen LogP contribution in [0.1, 0.15) is 52.9 Å². The zero-order valence-corrected chi connectivity index (χ0v) is 14.8. The van der Waals surface area contributed by atoms with Crippen LogP contribution in [0.5, 0.6) is 0 Å². The predicted octanol–water partition coefficient (Wildman–Crippen LogP) is 2.57. The van der Waals surface area contributed by atoms with E-state index < -0.39 is 0 Å². The molecular formula is C18H34N2O2. The Morgan fingerprint density at radius 1 is 1.05 bits per heavy atom. The maximum absolute atomic E-state index is 11.6. The topological polar surface area (TPSA) is 32.8 Å². The van der Waals surface area contributed by atoms with Gasteiger partial charge in [0.15, 0.2) is 0 Å². The van der Waals surface area contributed by atoms with Gasteiger partial charge >= 0.3 is 0 Å². The summed E-state index contributed by atoms with van der Waals surface area (Å²) in [5.74, 6) is 0.385. The van der Waals surface area contributed by atoms with Crippen molar-refractivity contribution >= 4 is 5.78 Å². The second kappa shape index (κ2) is 8.42. The summed E-state index contributed by atoms with van der Waals surface area (Å²) in [6.45, 7) is 13.4. The van der Waals surface area contributed by atoms with Gasteiger partial charge in [0.25, 0.3) is 0 Å². The van der Waals surface area contributed by atoms with Gasteiger partial charge in [-0.1, -0.05) is 6.92 Å². The van der Waals surface area contributed by atoms with Crippen LogP contribution in [-0.4, -0.2) is 67.6 Å². The summed E-state index contributed by atoms with van der Waals surface area (Å²) < 4.78 is 5.66. The highest BCUT2D eigenvalue weighted by Crippen LogP contribution is 2.41. The van der Waals surface area contributed by atoms with Crippen molar-refractivity contribution in [1.82, 2.24) is 9.80 Å². The number of carbonyl (C=O) groups excluding carboxylic acids is 1. The molecule has 4 heteroatoms. The van der Waals surface area contributed by atoms with Gasteiger partial charge in [0.2, 0.25) is 0 Å². The van der Waals surface area contributed by atoms with E-state index in [0.717, 1.165) is 26.2 Å². The van der Waals surface area contributed by atoms with Gasteiger partial charge in [-0.05, 0) is 71.1 Å². The lowest BCUT2D eigenvalue weighted by molar-refractivity contribution is -0.120. The third kappa shape index (κ3) is 5.32. The highest BCUT2D eigenvalue weighted by atomic mass is 16.5. The van der Waals surface area contributed by atoms with Crippen LogP contribution in [-0.2, 0) is 9.53 Å². The van der Waals surface area contributed by atoms with Gasteiger partial charge < -0.3 is 9.64 Å². The fraction of sp³-hybridized carbons (Fsp3) is 0.944. The van der Waals surface area contributed by atoms with Gasteiger partial charge in [0.05, 0.1) is 19.3 Å². The Labute approximate surface area is 136 Å². The standard InChI is InChI=1S/C18H34N2O2/c1-4-17(21)15-20-11-7-18(8-12-20)5-9-19(10-6-18)13-14-22-16(2)3/h16H,4-15H2,1-3H3. The second-order valence-corrected chi connectivity index (χ2v) is 7.43. The first-order chi connectivity index (χ1) is 10.5. The average molecular weight is 310 g/mol. The third-order valence-corrected chi connectivity index (χ3v) is 5.49. The van der Waals surface area contributed by atoms with Crippen LogP contribution in [0.4, 0.5) is 0 Å². The van der Waals surface area contributed by atoms with Crippen LogP contribution in [0.25, 0.3) is 0 Å². The number of likely N-dealkylation sites (tertiary alicyclic amines) is 2. The Bertz CT molecular complexity index is 339. The largest absolute Gasteiger partial charge is 0.377 e. The van der Waals surface area contributed by atoms with E-state index in [-0.39, 0.29) is 0 Å². The van der Waals surface area contributed by atoms with E-state index in [0.29, 0.717) is 30.3 Å². The molecule has 0 unspecified atom stereocenters. The zero-order valence-electron chi connectivity index (χ0n) is 14.8. The number of piperidine rings is 2. The Morgan fingerprint density at radius 2 is 1.59 bits per heavy atom. The molecule has 0 saturated carbocycles. The van der Waals surface area contributed by atoms with E-state index in [1.54, 1.807) is 0 Å². The summed E-state index contributed by atoms with van der Waals surface area (Å²) in [6.07, 6.45) is 6.22. The van der Waals surface area contributed by atoms with Crippen molar-refractivity contribution in [3.8, 4) is 0 Å². The van der Waals surface area contributed by atoms with E-state index in [9.17, 15) is 4.79 Å². The molecule has 4 nitrogen and oxygen atoms in total. The molecule has 0 aromatic carbocycles. The number of ether oxygens (including phenoxy) is 1. The molecule has 0 bridgehead atoms. The molecule has 0 radical (unpaired) electrons. The Morgan fingerprint density at radius 3 is 2.09 bits per heavy atom. The quantitative estimate of drug-likeness (QED) is 0.723. The number of carbonyl (C=O) groups is 1. The minimum absolute atomic E-state index is 0.339. The lowest BCUT2D eigenvalue weighted by Crippen LogP contribution is -2.48. The normalized spacial score (nSPS) is 23.3. The van der Waals surface area contributed by atoms with Crippen molar-refractivity contribution in [2.75, 3.05) is 45.9 Å². The van der Waals surface area contributed by atoms with Crippen LogP contribution in [0.3, 0.4) is 0 Å². The summed E-state index contributed by atoms with van der Waals surface area (Å²) in [7, 11) is 0. The summed E-state index contributed by atoms with van der Waals surface area (Å²) in [6, 6.07) is 0. The van der Waals surface area contributed by atoms with Crippen molar-refractivity contribution < 1.29 is 9.53 Å². The molecule has 2 aliphatic rings. The first kappa shape index (κ1) is 17.9. The van der Waals surface area contributed by atoms with Crippen molar-refractivity contribution in [2.24, 2.45) is 5.41 Å². The zero-order chi connectivity index (χ0) is 16.0. The summed E-state index contributed by atoms with van der Waals surface area (Å²) >= 11 is 0. The van der Waals surface area contributed by atoms with E-state index in [4.69, 9.17) is 4.74 Å². The molecule has 128 valence electrons. The Kier molecular flexibility index (Phi) is 6.85. The Hall–Kier alpha value is -0.450. The fourth-order valence-electron chi connectivity index (χ4n) is 3.72. The number of ketones is 1.